The molecule has 0 atom stereocenters. The quantitative estimate of drug-likeness (QED) is 0.872. The first kappa shape index (κ1) is 14.3. The summed E-state index contributed by atoms with van der Waals surface area (Å²) in [5.41, 5.74) is 1.26. The average molecular weight is 293 g/mol. The molecular formula is C13H15N3O3S. The molecule has 0 aliphatic heterocycles. The third kappa shape index (κ3) is 3.67. The number of hydrogen-bond acceptors (Lipinski definition) is 4. The maximum atomic E-state index is 11.8. The maximum absolute atomic E-state index is 11.8. The summed E-state index contributed by atoms with van der Waals surface area (Å²) in [7, 11) is -2.10. The topological polar surface area (TPSA) is 81.1 Å². The number of carbonyl (C=O) groups excluding carboxylic acids is 1. The molecule has 2 rings (SSSR count). The summed E-state index contributed by atoms with van der Waals surface area (Å²) in [6.45, 7) is 0. The highest BCUT2D eigenvalue weighted by Crippen LogP contribution is 2.09. The molecule has 0 aliphatic rings. The fourth-order valence-corrected chi connectivity index (χ4v) is 2.96. The van der Waals surface area contributed by atoms with Crippen molar-refractivity contribution in [2.24, 2.45) is 0 Å². The zero-order valence-electron chi connectivity index (χ0n) is 11.0. The summed E-state index contributed by atoms with van der Waals surface area (Å²) in [6.07, 6.45) is 1.69. The Labute approximate surface area is 117 Å². The van der Waals surface area contributed by atoms with Crippen LogP contribution in [0.5, 0.6) is 0 Å². The molecule has 0 fully saturated rings. The van der Waals surface area contributed by atoms with Gasteiger partial charge in [0.2, 0.25) is 5.91 Å². The molecule has 0 aliphatic carbocycles. The Morgan fingerprint density at radius 2 is 1.95 bits per heavy atom. The first-order valence-electron chi connectivity index (χ1n) is 6.01. The molecule has 2 aromatic rings. The smallest absolute Gasteiger partial charge is 0.234 e. The van der Waals surface area contributed by atoms with Crippen molar-refractivity contribution < 1.29 is 13.2 Å². The fourth-order valence-electron chi connectivity index (χ4n) is 1.71. The number of nitrogens with zero attached hydrogens (tertiary/aromatic N) is 2. The van der Waals surface area contributed by atoms with Crippen molar-refractivity contribution in [1.82, 2.24) is 15.1 Å². The number of nitrogens with one attached hydrogen (secondary N) is 1. The molecule has 1 N–H and O–H groups in total. The summed E-state index contributed by atoms with van der Waals surface area (Å²) in [4.78, 5) is 11.1. The minimum Gasteiger partial charge on any atom is -0.358 e. The lowest BCUT2D eigenvalue weighted by Gasteiger charge is -2.02. The predicted octanol–water partition coefficient (Wildman–Crippen LogP) is 0.533. The largest absolute Gasteiger partial charge is 0.358 e. The van der Waals surface area contributed by atoms with E-state index in [4.69, 9.17) is 0 Å². The van der Waals surface area contributed by atoms with Crippen LogP contribution in [0.2, 0.25) is 0 Å². The van der Waals surface area contributed by atoms with Gasteiger partial charge in [0.1, 0.15) is 5.75 Å². The summed E-state index contributed by atoms with van der Waals surface area (Å²) in [5.74, 6) is -1.30. The van der Waals surface area contributed by atoms with Crippen molar-refractivity contribution in [2.45, 2.75) is 5.75 Å². The Balaban J connectivity index is 2.12. The van der Waals surface area contributed by atoms with Crippen LogP contribution in [0, 0.1) is 0 Å². The molecule has 1 aromatic carbocycles. The van der Waals surface area contributed by atoms with Crippen LogP contribution >= 0.6 is 0 Å². The summed E-state index contributed by atoms with van der Waals surface area (Å²) in [5, 5.41) is 6.50. The third-order valence-corrected chi connectivity index (χ3v) is 4.10. The van der Waals surface area contributed by atoms with Crippen LogP contribution < -0.4 is 5.32 Å². The van der Waals surface area contributed by atoms with Gasteiger partial charge in [-0.3, -0.25) is 4.79 Å². The zero-order chi connectivity index (χ0) is 14.6. The highest BCUT2D eigenvalue weighted by atomic mass is 32.2. The van der Waals surface area contributed by atoms with Crippen molar-refractivity contribution in [1.29, 1.82) is 0 Å². The van der Waals surface area contributed by atoms with Crippen LogP contribution in [-0.4, -0.2) is 36.9 Å². The van der Waals surface area contributed by atoms with Crippen molar-refractivity contribution in [2.75, 3.05) is 12.8 Å². The van der Waals surface area contributed by atoms with Gasteiger partial charge in [-0.05, 0) is 18.2 Å². The molecule has 0 saturated carbocycles. The monoisotopic (exact) mass is 293 g/mol. The Hall–Kier alpha value is -2.15. The van der Waals surface area contributed by atoms with E-state index in [0.717, 1.165) is 5.69 Å². The highest BCUT2D eigenvalue weighted by Gasteiger charge is 2.18. The highest BCUT2D eigenvalue weighted by molar-refractivity contribution is 7.91. The third-order valence-electron chi connectivity index (χ3n) is 2.66. The standard InChI is InChI=1S/C13H15N3O3S/c1-14-13(17)10-20(18,19)9-11-7-8-16(15-11)12-5-3-2-4-6-12/h2-8H,9-10H2,1H3,(H,14,17). The minimum atomic E-state index is -3.50. The molecule has 1 amide bonds. The molecule has 0 unspecified atom stereocenters. The Morgan fingerprint density at radius 3 is 2.60 bits per heavy atom. The first-order valence-corrected chi connectivity index (χ1v) is 7.83. The van der Waals surface area contributed by atoms with Crippen molar-refractivity contribution in [3.8, 4) is 5.69 Å². The van der Waals surface area contributed by atoms with Gasteiger partial charge in [-0.1, -0.05) is 18.2 Å². The minimum absolute atomic E-state index is 0.250. The number of benzene rings is 1. The van der Waals surface area contributed by atoms with E-state index in [-0.39, 0.29) is 5.75 Å². The number of carbonyl (C=O) groups is 1. The van der Waals surface area contributed by atoms with E-state index in [1.54, 1.807) is 16.9 Å². The average Bonchev–Trinajstić information content (AvgIpc) is 2.86. The molecular weight excluding hydrogens is 278 g/mol. The molecule has 0 radical (unpaired) electrons. The number of para-hydroxylation sites is 1. The second-order valence-electron chi connectivity index (χ2n) is 4.29. The lowest BCUT2D eigenvalue weighted by atomic mass is 10.3. The van der Waals surface area contributed by atoms with Gasteiger partial charge in [-0.25, -0.2) is 13.1 Å². The fraction of sp³-hybridized carbons (Fsp3) is 0.231. The maximum Gasteiger partial charge on any atom is 0.234 e. The predicted molar refractivity (Wildman–Crippen MR) is 75.1 cm³/mol. The van der Waals surface area contributed by atoms with Gasteiger partial charge in [0.25, 0.3) is 0 Å². The number of hydrogen-bond donors (Lipinski definition) is 1. The van der Waals surface area contributed by atoms with Crippen LogP contribution in [0.4, 0.5) is 0 Å². The Kier molecular flexibility index (Phi) is 4.19. The van der Waals surface area contributed by atoms with Crippen LogP contribution in [0.25, 0.3) is 5.69 Å². The first-order chi connectivity index (χ1) is 9.50. The van der Waals surface area contributed by atoms with Crippen molar-refractivity contribution in [3.63, 3.8) is 0 Å². The molecule has 0 bridgehead atoms. The molecule has 0 spiro atoms. The van der Waals surface area contributed by atoms with Crippen LogP contribution in [0.3, 0.4) is 0 Å². The van der Waals surface area contributed by atoms with Crippen molar-refractivity contribution >= 4 is 15.7 Å². The lowest BCUT2D eigenvalue weighted by Crippen LogP contribution is -2.27. The SMILES string of the molecule is CNC(=O)CS(=O)(=O)Cc1ccn(-c2ccccc2)n1. The van der Waals surface area contributed by atoms with Gasteiger partial charge in [0, 0.05) is 13.2 Å². The van der Waals surface area contributed by atoms with Crippen LogP contribution in [0.1, 0.15) is 5.69 Å². The van der Waals surface area contributed by atoms with E-state index < -0.39 is 21.5 Å². The van der Waals surface area contributed by atoms with Crippen LogP contribution in [0.15, 0.2) is 42.6 Å². The second kappa shape index (κ2) is 5.87. The van der Waals surface area contributed by atoms with E-state index >= 15 is 0 Å². The summed E-state index contributed by atoms with van der Waals surface area (Å²) in [6, 6.07) is 11.0. The Bertz CT molecular complexity index is 693. The molecule has 20 heavy (non-hydrogen) atoms. The number of aromatic nitrogens is 2. The molecule has 0 saturated heterocycles. The van der Waals surface area contributed by atoms with Gasteiger partial charge in [0.15, 0.2) is 9.84 Å². The summed E-state index contributed by atoms with van der Waals surface area (Å²) < 4.78 is 25.2. The van der Waals surface area contributed by atoms with E-state index in [1.807, 2.05) is 30.3 Å². The van der Waals surface area contributed by atoms with E-state index in [9.17, 15) is 13.2 Å². The number of sulfone groups is 1. The number of rotatable bonds is 5. The molecule has 1 aromatic heterocycles. The van der Waals surface area contributed by atoms with Crippen LogP contribution in [-0.2, 0) is 20.4 Å². The summed E-state index contributed by atoms with van der Waals surface area (Å²) >= 11 is 0. The second-order valence-corrected chi connectivity index (χ2v) is 6.36. The van der Waals surface area contributed by atoms with Gasteiger partial charge in [0.05, 0.1) is 17.1 Å². The molecule has 7 heteroatoms. The van der Waals surface area contributed by atoms with Gasteiger partial charge < -0.3 is 5.32 Å². The van der Waals surface area contributed by atoms with E-state index in [1.165, 1.54) is 7.05 Å². The van der Waals surface area contributed by atoms with Gasteiger partial charge >= 0.3 is 0 Å². The van der Waals surface area contributed by atoms with Crippen molar-refractivity contribution in [3.05, 3.63) is 48.3 Å². The molecule has 106 valence electrons. The molecule has 1 heterocycles. The number of amides is 1. The normalized spacial score (nSPS) is 11.2. The van der Waals surface area contributed by atoms with E-state index in [2.05, 4.69) is 10.4 Å². The lowest BCUT2D eigenvalue weighted by molar-refractivity contribution is -0.118. The Morgan fingerprint density at radius 1 is 1.25 bits per heavy atom. The zero-order valence-corrected chi connectivity index (χ0v) is 11.8. The van der Waals surface area contributed by atoms with Gasteiger partial charge in [-0.2, -0.15) is 5.10 Å². The van der Waals surface area contributed by atoms with E-state index in [0.29, 0.717) is 5.69 Å². The molecule has 6 nitrogen and oxygen atoms in total. The van der Waals surface area contributed by atoms with Gasteiger partial charge in [-0.15, -0.1) is 0 Å².